The van der Waals surface area contributed by atoms with Crippen LogP contribution in [0.4, 0.5) is 0 Å². The van der Waals surface area contributed by atoms with Gasteiger partial charge in [0, 0.05) is 6.20 Å². The predicted molar refractivity (Wildman–Crippen MR) is 74.5 cm³/mol. The number of benzene rings is 1. The molecule has 0 saturated heterocycles. The average molecular weight is 280 g/mol. The van der Waals surface area contributed by atoms with Crippen molar-refractivity contribution in [1.82, 2.24) is 4.98 Å². The van der Waals surface area contributed by atoms with Gasteiger partial charge in [0.15, 0.2) is 4.47 Å². The van der Waals surface area contributed by atoms with Gasteiger partial charge in [-0.15, -0.1) is 11.3 Å². The van der Waals surface area contributed by atoms with E-state index in [2.05, 4.69) is 23.2 Å². The minimum absolute atomic E-state index is 0.545. The molecule has 0 amide bonds. The lowest BCUT2D eigenvalue weighted by Gasteiger charge is -2.16. The van der Waals surface area contributed by atoms with Crippen LogP contribution < -0.4 is 4.74 Å². The number of hydrogen-bond acceptors (Lipinski definition) is 3. The summed E-state index contributed by atoms with van der Waals surface area (Å²) in [6.45, 7) is 0.545. The van der Waals surface area contributed by atoms with E-state index in [0.717, 1.165) is 10.6 Å². The van der Waals surface area contributed by atoms with Crippen molar-refractivity contribution in [3.8, 4) is 5.75 Å². The van der Waals surface area contributed by atoms with Crippen LogP contribution in [0.15, 0.2) is 24.4 Å². The second-order valence-corrected chi connectivity index (χ2v) is 6.20. The van der Waals surface area contributed by atoms with Crippen LogP contribution in [-0.2, 0) is 19.4 Å². The van der Waals surface area contributed by atoms with Crippen LogP contribution >= 0.6 is 22.9 Å². The summed E-state index contributed by atoms with van der Waals surface area (Å²) in [6.07, 6.45) is 6.76. The van der Waals surface area contributed by atoms with Gasteiger partial charge in [0.2, 0.25) is 0 Å². The van der Waals surface area contributed by atoms with Crippen LogP contribution in [0, 0.1) is 0 Å². The Morgan fingerprint density at radius 3 is 2.83 bits per heavy atom. The molecule has 0 N–H and O–H groups in total. The van der Waals surface area contributed by atoms with Crippen LogP contribution in [0.2, 0.25) is 4.47 Å². The van der Waals surface area contributed by atoms with E-state index in [1.54, 1.807) is 6.20 Å². The largest absolute Gasteiger partial charge is 0.488 e. The van der Waals surface area contributed by atoms with Gasteiger partial charge >= 0.3 is 0 Å². The summed E-state index contributed by atoms with van der Waals surface area (Å²) in [5.41, 5.74) is 2.93. The zero-order chi connectivity index (χ0) is 12.4. The summed E-state index contributed by atoms with van der Waals surface area (Å²) < 4.78 is 6.35. The highest BCUT2D eigenvalue weighted by Gasteiger charge is 2.10. The third kappa shape index (κ3) is 2.68. The molecule has 4 heteroatoms. The molecule has 1 heterocycles. The molecule has 3 rings (SSSR count). The van der Waals surface area contributed by atoms with Gasteiger partial charge in [-0.2, -0.15) is 0 Å². The number of rotatable bonds is 3. The first-order chi connectivity index (χ1) is 8.81. The Morgan fingerprint density at radius 2 is 2.06 bits per heavy atom. The first kappa shape index (κ1) is 12.0. The molecule has 1 aromatic carbocycles. The maximum absolute atomic E-state index is 5.79. The topological polar surface area (TPSA) is 22.1 Å². The third-order valence-corrected chi connectivity index (χ3v) is 4.31. The first-order valence-corrected chi connectivity index (χ1v) is 7.35. The molecule has 1 aromatic heterocycles. The van der Waals surface area contributed by atoms with Crippen molar-refractivity contribution in [2.24, 2.45) is 0 Å². The summed E-state index contributed by atoms with van der Waals surface area (Å²) in [6, 6.07) is 6.44. The molecule has 0 aliphatic heterocycles. The number of ether oxygens (including phenoxy) is 1. The molecular formula is C14H14ClNOS. The Kier molecular flexibility index (Phi) is 3.52. The fraction of sp³-hybridized carbons (Fsp3) is 0.357. The molecule has 0 atom stereocenters. The summed E-state index contributed by atoms with van der Waals surface area (Å²) in [4.78, 5) is 5.06. The van der Waals surface area contributed by atoms with Crippen LogP contribution in [0.25, 0.3) is 0 Å². The average Bonchev–Trinajstić information content (AvgIpc) is 2.82. The highest BCUT2D eigenvalue weighted by molar-refractivity contribution is 7.15. The molecule has 1 aliphatic carbocycles. The number of aromatic nitrogens is 1. The number of fused-ring (bicyclic) bond motifs is 1. The standard InChI is InChI=1S/C14H14ClNOS/c15-14-16-8-13(18-14)9-17-12-6-5-10-3-1-2-4-11(10)7-12/h5-8H,1-4,9H2. The molecule has 18 heavy (non-hydrogen) atoms. The second-order valence-electron chi connectivity index (χ2n) is 4.51. The van der Waals surface area contributed by atoms with E-state index in [-0.39, 0.29) is 0 Å². The fourth-order valence-corrected chi connectivity index (χ4v) is 3.20. The van der Waals surface area contributed by atoms with Crippen LogP contribution in [0.5, 0.6) is 5.75 Å². The van der Waals surface area contributed by atoms with E-state index in [1.807, 2.05) is 0 Å². The van der Waals surface area contributed by atoms with Crippen LogP contribution in [0.1, 0.15) is 28.8 Å². The zero-order valence-corrected chi connectivity index (χ0v) is 11.6. The van der Waals surface area contributed by atoms with Crippen molar-refractivity contribution in [3.63, 3.8) is 0 Å². The molecule has 0 unspecified atom stereocenters. The quantitative estimate of drug-likeness (QED) is 0.838. The lowest BCUT2D eigenvalue weighted by Crippen LogP contribution is -2.03. The first-order valence-electron chi connectivity index (χ1n) is 6.16. The molecule has 0 saturated carbocycles. The number of nitrogens with zero attached hydrogens (tertiary/aromatic N) is 1. The van der Waals surface area contributed by atoms with E-state index in [9.17, 15) is 0 Å². The van der Waals surface area contributed by atoms with Gasteiger partial charge in [-0.05, 0) is 48.9 Å². The Labute approximate surface area is 116 Å². The Bertz CT molecular complexity index is 552. The van der Waals surface area contributed by atoms with E-state index in [0.29, 0.717) is 11.1 Å². The third-order valence-electron chi connectivity index (χ3n) is 3.23. The van der Waals surface area contributed by atoms with Crippen molar-refractivity contribution in [2.75, 3.05) is 0 Å². The van der Waals surface area contributed by atoms with Crippen molar-refractivity contribution >= 4 is 22.9 Å². The summed E-state index contributed by atoms with van der Waals surface area (Å²) >= 11 is 7.25. The smallest absolute Gasteiger partial charge is 0.183 e. The van der Waals surface area contributed by atoms with Crippen LogP contribution in [0.3, 0.4) is 0 Å². The van der Waals surface area contributed by atoms with Gasteiger partial charge in [0.1, 0.15) is 12.4 Å². The van der Waals surface area contributed by atoms with Gasteiger partial charge in [-0.25, -0.2) is 4.98 Å². The van der Waals surface area contributed by atoms with Gasteiger partial charge in [-0.1, -0.05) is 17.7 Å². The zero-order valence-electron chi connectivity index (χ0n) is 9.99. The number of thiazole rings is 1. The Morgan fingerprint density at radius 1 is 1.22 bits per heavy atom. The SMILES string of the molecule is Clc1ncc(COc2ccc3c(c2)CCCC3)s1. The number of aryl methyl sites for hydroxylation is 2. The highest BCUT2D eigenvalue weighted by atomic mass is 35.5. The maximum Gasteiger partial charge on any atom is 0.183 e. The summed E-state index contributed by atoms with van der Waals surface area (Å²) in [7, 11) is 0. The lowest BCUT2D eigenvalue weighted by molar-refractivity contribution is 0.309. The number of halogens is 1. The predicted octanol–water partition coefficient (Wildman–Crippen LogP) is 4.25. The van der Waals surface area contributed by atoms with Gasteiger partial charge < -0.3 is 4.74 Å². The normalized spacial score (nSPS) is 14.3. The van der Waals surface area contributed by atoms with E-state index >= 15 is 0 Å². The Hall–Kier alpha value is -1.06. The van der Waals surface area contributed by atoms with E-state index < -0.39 is 0 Å². The lowest BCUT2D eigenvalue weighted by atomic mass is 9.92. The molecule has 1 aliphatic rings. The van der Waals surface area contributed by atoms with Crippen molar-refractivity contribution < 1.29 is 4.74 Å². The molecule has 0 radical (unpaired) electrons. The molecule has 2 nitrogen and oxygen atoms in total. The van der Waals surface area contributed by atoms with Crippen LogP contribution in [-0.4, -0.2) is 4.98 Å². The second kappa shape index (κ2) is 5.29. The van der Waals surface area contributed by atoms with Gasteiger partial charge in [0.25, 0.3) is 0 Å². The van der Waals surface area contributed by atoms with Crippen molar-refractivity contribution in [2.45, 2.75) is 32.3 Å². The van der Waals surface area contributed by atoms with Crippen molar-refractivity contribution in [3.05, 3.63) is 44.9 Å². The fourth-order valence-electron chi connectivity index (χ4n) is 2.30. The summed E-state index contributed by atoms with van der Waals surface area (Å²) in [5, 5.41) is 0. The van der Waals surface area contributed by atoms with E-state index in [4.69, 9.17) is 16.3 Å². The molecule has 2 aromatic rings. The number of hydrogen-bond donors (Lipinski definition) is 0. The monoisotopic (exact) mass is 279 g/mol. The molecular weight excluding hydrogens is 266 g/mol. The minimum atomic E-state index is 0.545. The minimum Gasteiger partial charge on any atom is -0.488 e. The molecule has 0 fully saturated rings. The molecule has 0 bridgehead atoms. The molecule has 94 valence electrons. The van der Waals surface area contributed by atoms with Gasteiger partial charge in [0.05, 0.1) is 4.88 Å². The highest BCUT2D eigenvalue weighted by Crippen LogP contribution is 2.26. The summed E-state index contributed by atoms with van der Waals surface area (Å²) in [5.74, 6) is 0.945. The maximum atomic E-state index is 5.79. The van der Waals surface area contributed by atoms with Gasteiger partial charge in [-0.3, -0.25) is 0 Å². The Balaban J connectivity index is 1.69. The van der Waals surface area contributed by atoms with Crippen molar-refractivity contribution in [1.29, 1.82) is 0 Å². The van der Waals surface area contributed by atoms with E-state index in [1.165, 1.54) is 48.1 Å². The molecule has 0 spiro atoms.